The molecule has 3 N–H and O–H groups in total. The topological polar surface area (TPSA) is 162 Å². The van der Waals surface area contributed by atoms with Crippen molar-refractivity contribution >= 4 is 40.8 Å². The molecule has 0 radical (unpaired) electrons. The number of unbranched alkanes of at least 4 members (excludes halogenated alkanes) is 1. The van der Waals surface area contributed by atoms with Crippen molar-refractivity contribution in [1.82, 2.24) is 20.2 Å². The quantitative estimate of drug-likeness (QED) is 0.0387. The zero-order valence-electron chi connectivity index (χ0n) is 28.2. The molecule has 262 valence electrons. The van der Waals surface area contributed by atoms with Gasteiger partial charge in [0, 0.05) is 36.7 Å². The van der Waals surface area contributed by atoms with Gasteiger partial charge in [0.15, 0.2) is 0 Å². The number of carbonyl (C=O) groups excluding carboxylic acids is 4. The molecule has 0 unspecified atom stereocenters. The van der Waals surface area contributed by atoms with Crippen molar-refractivity contribution < 1.29 is 33.4 Å². The van der Waals surface area contributed by atoms with Gasteiger partial charge in [-0.3, -0.25) is 25.1 Å². The summed E-state index contributed by atoms with van der Waals surface area (Å²) in [7, 11) is 0. The van der Waals surface area contributed by atoms with Crippen LogP contribution in [-0.4, -0.2) is 52.7 Å². The van der Waals surface area contributed by atoms with Crippen molar-refractivity contribution in [2.75, 3.05) is 13.3 Å². The van der Waals surface area contributed by atoms with Gasteiger partial charge in [-0.25, -0.2) is 9.78 Å². The van der Waals surface area contributed by atoms with Crippen LogP contribution in [0.5, 0.6) is 0 Å². The highest BCUT2D eigenvalue weighted by Gasteiger charge is 2.17. The molecule has 0 saturated carbocycles. The maximum atomic E-state index is 12.9. The fourth-order valence-corrected chi connectivity index (χ4v) is 5.31. The second kappa shape index (κ2) is 17.9. The van der Waals surface area contributed by atoms with E-state index in [9.17, 15) is 19.2 Å². The number of nitrogens with zero attached hydrogens (tertiary/aromatic N) is 2. The van der Waals surface area contributed by atoms with E-state index in [2.05, 4.69) is 32.1 Å². The van der Waals surface area contributed by atoms with Crippen LogP contribution in [0.3, 0.4) is 0 Å². The molecule has 5 aromatic rings. The van der Waals surface area contributed by atoms with Gasteiger partial charge in [-0.05, 0) is 48.6 Å². The molecule has 12 nitrogen and oxygen atoms in total. The average molecular weight is 690 g/mol. The third kappa shape index (κ3) is 10.6. The number of imidazole rings is 1. The second-order valence-electron chi connectivity index (χ2n) is 11.6. The molecule has 0 atom stereocenters. The molecule has 4 aromatic carbocycles. The Kier molecular flexibility index (Phi) is 12.6. The average Bonchev–Trinajstić information content (AvgIpc) is 3.51. The van der Waals surface area contributed by atoms with Crippen molar-refractivity contribution in [2.45, 2.75) is 45.8 Å². The van der Waals surface area contributed by atoms with Gasteiger partial charge in [0.1, 0.15) is 18.3 Å². The van der Waals surface area contributed by atoms with Crippen molar-refractivity contribution in [1.29, 1.82) is 5.41 Å². The first-order chi connectivity index (χ1) is 24.8. The van der Waals surface area contributed by atoms with Crippen LogP contribution in [0, 0.1) is 5.41 Å². The second-order valence-corrected chi connectivity index (χ2v) is 11.6. The molecule has 2 amide bonds. The van der Waals surface area contributed by atoms with Crippen molar-refractivity contribution in [2.24, 2.45) is 0 Å². The highest BCUT2D eigenvalue weighted by molar-refractivity contribution is 6.04. The molecular formula is C39H39N5O7. The van der Waals surface area contributed by atoms with Crippen molar-refractivity contribution in [3.05, 3.63) is 125 Å². The summed E-state index contributed by atoms with van der Waals surface area (Å²) in [5.74, 6) is -0.939. The Morgan fingerprint density at radius 3 is 2.18 bits per heavy atom. The number of benzene rings is 4. The lowest BCUT2D eigenvalue weighted by atomic mass is 10.1. The minimum Gasteiger partial charge on any atom is -0.444 e. The Balaban J connectivity index is 1.27. The smallest absolute Gasteiger partial charge is 0.413 e. The number of rotatable bonds is 15. The monoisotopic (exact) mass is 689 g/mol. The van der Waals surface area contributed by atoms with E-state index in [0.717, 1.165) is 35.9 Å². The SMILES string of the molecule is CC(=O)OCOC(=O)CCNC(=O)c1ccc2c(c1)nc(-c1ccc(C(=N)NC(=O)OCc3ccccc3)cc1)n2CCCCc1ccccc1. The van der Waals surface area contributed by atoms with Crippen LogP contribution in [0.4, 0.5) is 4.79 Å². The van der Waals surface area contributed by atoms with Gasteiger partial charge in [0.2, 0.25) is 6.79 Å². The molecule has 12 heteroatoms. The maximum Gasteiger partial charge on any atom is 0.413 e. The molecule has 0 saturated heterocycles. The minimum absolute atomic E-state index is 0.0395. The number of amidine groups is 1. The number of nitrogens with one attached hydrogen (secondary N) is 3. The van der Waals surface area contributed by atoms with E-state index < -0.39 is 24.8 Å². The number of hydrogen-bond acceptors (Lipinski definition) is 9. The number of hydrogen-bond donors (Lipinski definition) is 3. The van der Waals surface area contributed by atoms with Gasteiger partial charge in [-0.2, -0.15) is 0 Å². The largest absolute Gasteiger partial charge is 0.444 e. The Labute approximate surface area is 295 Å². The van der Waals surface area contributed by atoms with Gasteiger partial charge in [-0.15, -0.1) is 0 Å². The number of aryl methyl sites for hydroxylation is 2. The Morgan fingerprint density at radius 1 is 0.784 bits per heavy atom. The number of carbonyl (C=O) groups is 4. The third-order valence-electron chi connectivity index (χ3n) is 7.92. The summed E-state index contributed by atoms with van der Waals surface area (Å²) in [5, 5.41) is 13.6. The summed E-state index contributed by atoms with van der Waals surface area (Å²) >= 11 is 0. The fraction of sp³-hybridized carbons (Fsp3) is 0.231. The molecule has 5 rings (SSSR count). The number of fused-ring (bicyclic) bond motifs is 1. The zero-order valence-corrected chi connectivity index (χ0v) is 28.2. The third-order valence-corrected chi connectivity index (χ3v) is 7.92. The minimum atomic E-state index is -0.718. The van der Waals surface area contributed by atoms with Gasteiger partial charge < -0.3 is 24.1 Å². The first-order valence-corrected chi connectivity index (χ1v) is 16.6. The fourth-order valence-electron chi connectivity index (χ4n) is 5.31. The summed E-state index contributed by atoms with van der Waals surface area (Å²) < 4.78 is 16.8. The normalized spacial score (nSPS) is 10.7. The Bertz CT molecular complexity index is 1980. The van der Waals surface area contributed by atoms with E-state index >= 15 is 0 Å². The van der Waals surface area contributed by atoms with Crippen LogP contribution in [0.2, 0.25) is 0 Å². The number of amides is 2. The number of ether oxygens (including phenoxy) is 3. The predicted molar refractivity (Wildman–Crippen MR) is 191 cm³/mol. The molecule has 1 aromatic heterocycles. The lowest BCUT2D eigenvalue weighted by molar-refractivity contribution is -0.165. The van der Waals surface area contributed by atoms with Crippen molar-refractivity contribution in [3.63, 3.8) is 0 Å². The molecule has 51 heavy (non-hydrogen) atoms. The lowest BCUT2D eigenvalue weighted by Gasteiger charge is -2.11. The summed E-state index contributed by atoms with van der Waals surface area (Å²) in [4.78, 5) is 52.9. The molecule has 0 bridgehead atoms. The summed E-state index contributed by atoms with van der Waals surface area (Å²) in [6, 6.07) is 32.1. The Morgan fingerprint density at radius 2 is 1.47 bits per heavy atom. The molecular weight excluding hydrogens is 650 g/mol. The van der Waals surface area contributed by atoms with Gasteiger partial charge in [-0.1, -0.05) is 84.9 Å². The highest BCUT2D eigenvalue weighted by Crippen LogP contribution is 2.27. The van der Waals surface area contributed by atoms with Gasteiger partial charge in [0.25, 0.3) is 5.91 Å². The molecule has 0 fully saturated rings. The molecule has 0 aliphatic carbocycles. The van der Waals surface area contributed by atoms with Crippen LogP contribution >= 0.6 is 0 Å². The van der Waals surface area contributed by atoms with E-state index in [1.54, 1.807) is 24.3 Å². The van der Waals surface area contributed by atoms with Gasteiger partial charge >= 0.3 is 18.0 Å². The zero-order chi connectivity index (χ0) is 36.0. The van der Waals surface area contributed by atoms with Crippen LogP contribution < -0.4 is 10.6 Å². The molecule has 1 heterocycles. The Hall–Kier alpha value is -6.30. The molecule has 0 spiro atoms. The number of alkyl carbamates (subject to hydrolysis) is 1. The van der Waals surface area contributed by atoms with Crippen LogP contribution in [0.15, 0.2) is 103 Å². The number of aromatic nitrogens is 2. The summed E-state index contributed by atoms with van der Waals surface area (Å²) in [6.07, 6.45) is 2.00. The molecule has 0 aliphatic heterocycles. The van der Waals surface area contributed by atoms with E-state index in [1.807, 2.05) is 66.7 Å². The van der Waals surface area contributed by atoms with Gasteiger partial charge in [0.05, 0.1) is 17.5 Å². The van der Waals surface area contributed by atoms with E-state index in [0.29, 0.717) is 29.0 Å². The molecule has 0 aliphatic rings. The summed E-state index contributed by atoms with van der Waals surface area (Å²) in [6.45, 7) is 1.56. The first kappa shape index (κ1) is 36.0. The first-order valence-electron chi connectivity index (χ1n) is 16.6. The van der Waals surface area contributed by atoms with E-state index in [4.69, 9.17) is 19.9 Å². The standard InChI is InChI=1S/C39H39N5O7/c1-27(45)50-26-51-35(46)21-22-41-38(47)32-19-20-34-33(24-32)42-37(44(34)23-9-8-12-28-10-4-2-5-11-28)31-17-15-30(16-18-31)36(40)43-39(48)49-25-29-13-6-3-7-14-29/h2-7,10-11,13-20,24H,8-9,12,21-23,25-26H2,1H3,(H,41,47)(H2,40,43,48). The highest BCUT2D eigenvalue weighted by atomic mass is 16.7. The van der Waals surface area contributed by atoms with Crippen LogP contribution in [0.1, 0.15) is 53.2 Å². The van der Waals surface area contributed by atoms with Crippen LogP contribution in [-0.2, 0) is 43.4 Å². The van der Waals surface area contributed by atoms with E-state index in [-0.39, 0.29) is 31.3 Å². The predicted octanol–water partition coefficient (Wildman–Crippen LogP) is 6.16. The maximum absolute atomic E-state index is 12.9. The van der Waals surface area contributed by atoms with E-state index in [1.165, 1.54) is 12.5 Å². The van der Waals surface area contributed by atoms with Crippen LogP contribution in [0.25, 0.3) is 22.4 Å². The lowest BCUT2D eigenvalue weighted by Crippen LogP contribution is -2.30. The van der Waals surface area contributed by atoms with Crippen molar-refractivity contribution in [3.8, 4) is 11.4 Å². The number of esters is 2. The summed E-state index contributed by atoms with van der Waals surface area (Å²) in [5.41, 5.74) is 5.28.